The fraction of sp³-hybridized carbons (Fsp3) is 0.429. The highest BCUT2D eigenvalue weighted by Crippen LogP contribution is 2.22. The van der Waals surface area contributed by atoms with Crippen LogP contribution in [0.4, 0.5) is 10.8 Å². The topological polar surface area (TPSA) is 72.9 Å². The largest absolute Gasteiger partial charge is 0.397 e. The summed E-state index contributed by atoms with van der Waals surface area (Å²) >= 11 is 1.44. The zero-order valence-corrected chi connectivity index (χ0v) is 12.8. The normalized spacial score (nSPS) is 11.0. The number of hydrogen-bond donors (Lipinski definition) is 2. The number of anilines is 2. The van der Waals surface area contributed by atoms with Crippen LogP contribution in [0.2, 0.25) is 0 Å². The minimum absolute atomic E-state index is 0.167. The first kappa shape index (κ1) is 14.6. The molecular formula is C14H20N4OS. The van der Waals surface area contributed by atoms with Gasteiger partial charge in [-0.15, -0.1) is 11.3 Å². The summed E-state index contributed by atoms with van der Waals surface area (Å²) in [6, 6.07) is 1.70. The highest BCUT2D eigenvalue weighted by molar-refractivity contribution is 7.14. The van der Waals surface area contributed by atoms with Gasteiger partial charge in [0, 0.05) is 18.1 Å². The van der Waals surface area contributed by atoms with Crippen molar-refractivity contribution in [1.29, 1.82) is 0 Å². The van der Waals surface area contributed by atoms with Crippen molar-refractivity contribution in [2.24, 2.45) is 0 Å². The molecule has 2 heterocycles. The van der Waals surface area contributed by atoms with Gasteiger partial charge in [-0.25, -0.2) is 4.98 Å². The van der Waals surface area contributed by atoms with Gasteiger partial charge in [0.05, 0.1) is 11.4 Å². The SMILES string of the molecule is CCCn1cc(N)cc1C(=O)Nc1nc(C(C)C)cs1. The lowest BCUT2D eigenvalue weighted by Gasteiger charge is -2.06. The number of nitrogens with zero attached hydrogens (tertiary/aromatic N) is 2. The maximum Gasteiger partial charge on any atom is 0.274 e. The van der Waals surface area contributed by atoms with Crippen molar-refractivity contribution in [1.82, 2.24) is 9.55 Å². The molecule has 0 aromatic carbocycles. The molecule has 1 amide bonds. The van der Waals surface area contributed by atoms with Gasteiger partial charge in [-0.3, -0.25) is 10.1 Å². The molecule has 0 saturated heterocycles. The van der Waals surface area contributed by atoms with Crippen LogP contribution >= 0.6 is 11.3 Å². The van der Waals surface area contributed by atoms with Crippen LogP contribution in [0.3, 0.4) is 0 Å². The molecule has 0 fully saturated rings. The summed E-state index contributed by atoms with van der Waals surface area (Å²) in [5.74, 6) is 0.191. The van der Waals surface area contributed by atoms with E-state index in [0.29, 0.717) is 22.4 Å². The molecule has 0 aliphatic carbocycles. The highest BCUT2D eigenvalue weighted by Gasteiger charge is 2.15. The van der Waals surface area contributed by atoms with Crippen LogP contribution < -0.4 is 11.1 Å². The van der Waals surface area contributed by atoms with E-state index in [-0.39, 0.29) is 5.91 Å². The Morgan fingerprint density at radius 1 is 1.55 bits per heavy atom. The van der Waals surface area contributed by atoms with Gasteiger partial charge in [-0.2, -0.15) is 0 Å². The smallest absolute Gasteiger partial charge is 0.274 e. The lowest BCUT2D eigenvalue weighted by Crippen LogP contribution is -2.16. The fourth-order valence-electron chi connectivity index (χ4n) is 1.92. The maximum absolute atomic E-state index is 12.3. The van der Waals surface area contributed by atoms with Crippen LogP contribution in [-0.4, -0.2) is 15.5 Å². The molecule has 0 saturated carbocycles. The number of nitrogen functional groups attached to an aromatic ring is 1. The van der Waals surface area contributed by atoms with Crippen LogP contribution in [0.1, 0.15) is 49.3 Å². The molecule has 20 heavy (non-hydrogen) atoms. The number of hydrogen-bond acceptors (Lipinski definition) is 4. The predicted octanol–water partition coefficient (Wildman–Crippen LogP) is 3.31. The average Bonchev–Trinajstić information content (AvgIpc) is 2.97. The quantitative estimate of drug-likeness (QED) is 0.888. The minimum atomic E-state index is -0.167. The van der Waals surface area contributed by atoms with Crippen molar-refractivity contribution in [2.45, 2.75) is 39.7 Å². The van der Waals surface area contributed by atoms with E-state index in [9.17, 15) is 4.79 Å². The second-order valence-corrected chi connectivity index (χ2v) is 5.90. The number of nitrogens with two attached hydrogens (primary N) is 1. The summed E-state index contributed by atoms with van der Waals surface area (Å²) in [6.45, 7) is 6.99. The second-order valence-electron chi connectivity index (χ2n) is 5.04. The van der Waals surface area contributed by atoms with Gasteiger partial charge in [0.1, 0.15) is 5.69 Å². The van der Waals surface area contributed by atoms with Gasteiger partial charge < -0.3 is 10.3 Å². The number of rotatable bonds is 5. The van der Waals surface area contributed by atoms with Gasteiger partial charge in [-0.1, -0.05) is 20.8 Å². The maximum atomic E-state index is 12.3. The Hall–Kier alpha value is -1.82. The summed E-state index contributed by atoms with van der Waals surface area (Å²) < 4.78 is 1.88. The minimum Gasteiger partial charge on any atom is -0.397 e. The number of aryl methyl sites for hydroxylation is 1. The van der Waals surface area contributed by atoms with Gasteiger partial charge in [0.25, 0.3) is 5.91 Å². The highest BCUT2D eigenvalue weighted by atomic mass is 32.1. The number of aromatic nitrogens is 2. The van der Waals surface area contributed by atoms with E-state index in [1.165, 1.54) is 11.3 Å². The zero-order valence-electron chi connectivity index (χ0n) is 12.0. The van der Waals surface area contributed by atoms with Crippen molar-refractivity contribution in [3.63, 3.8) is 0 Å². The Labute approximate surface area is 122 Å². The van der Waals surface area contributed by atoms with Crippen molar-refractivity contribution in [3.05, 3.63) is 29.0 Å². The molecule has 5 nitrogen and oxygen atoms in total. The monoisotopic (exact) mass is 292 g/mol. The van der Waals surface area contributed by atoms with Crippen LogP contribution in [0.25, 0.3) is 0 Å². The van der Waals surface area contributed by atoms with Crippen molar-refractivity contribution in [3.8, 4) is 0 Å². The van der Waals surface area contributed by atoms with Crippen LogP contribution in [0.15, 0.2) is 17.6 Å². The molecule has 0 spiro atoms. The zero-order chi connectivity index (χ0) is 14.7. The average molecular weight is 292 g/mol. The molecule has 0 aliphatic rings. The summed E-state index contributed by atoms with van der Waals surface area (Å²) in [6.07, 6.45) is 2.74. The Kier molecular flexibility index (Phi) is 4.44. The third-order valence-corrected chi connectivity index (χ3v) is 3.72. The first-order valence-corrected chi connectivity index (χ1v) is 7.61. The van der Waals surface area contributed by atoms with Crippen LogP contribution in [0, 0.1) is 0 Å². The number of nitrogens with one attached hydrogen (secondary N) is 1. The third kappa shape index (κ3) is 3.19. The molecule has 6 heteroatoms. The fourth-order valence-corrected chi connectivity index (χ4v) is 2.79. The van der Waals surface area contributed by atoms with E-state index < -0.39 is 0 Å². The predicted molar refractivity (Wildman–Crippen MR) is 83.3 cm³/mol. The van der Waals surface area contributed by atoms with E-state index in [0.717, 1.165) is 18.7 Å². The number of amides is 1. The summed E-state index contributed by atoms with van der Waals surface area (Å²) in [4.78, 5) is 16.7. The van der Waals surface area contributed by atoms with Crippen molar-refractivity contribution < 1.29 is 4.79 Å². The third-order valence-electron chi connectivity index (χ3n) is 2.95. The van der Waals surface area contributed by atoms with Crippen LogP contribution in [0.5, 0.6) is 0 Å². The van der Waals surface area contributed by atoms with E-state index in [1.54, 1.807) is 12.3 Å². The second kappa shape index (κ2) is 6.09. The van der Waals surface area contributed by atoms with E-state index >= 15 is 0 Å². The standard InChI is InChI=1S/C14H20N4OS/c1-4-5-18-7-10(15)6-12(18)13(19)17-14-16-11(8-20-14)9(2)3/h6-9H,4-5,15H2,1-3H3,(H,16,17,19). The van der Waals surface area contributed by atoms with Gasteiger partial charge >= 0.3 is 0 Å². The van der Waals surface area contributed by atoms with E-state index in [4.69, 9.17) is 5.73 Å². The molecule has 108 valence electrons. The lowest BCUT2D eigenvalue weighted by atomic mass is 10.2. The molecule has 0 aliphatic heterocycles. The first-order chi connectivity index (χ1) is 9.51. The molecule has 0 bridgehead atoms. The summed E-state index contributed by atoms with van der Waals surface area (Å²) in [5.41, 5.74) is 7.94. The number of carbonyl (C=O) groups is 1. The van der Waals surface area contributed by atoms with Crippen LogP contribution in [-0.2, 0) is 6.54 Å². The van der Waals surface area contributed by atoms with E-state index in [1.807, 2.05) is 9.95 Å². The van der Waals surface area contributed by atoms with Gasteiger partial charge in [0.2, 0.25) is 0 Å². The summed E-state index contributed by atoms with van der Waals surface area (Å²) in [5, 5.41) is 5.44. The van der Waals surface area contributed by atoms with Crippen molar-refractivity contribution >= 4 is 28.1 Å². The molecular weight excluding hydrogens is 272 g/mol. The molecule has 0 atom stereocenters. The Balaban J connectivity index is 2.14. The Morgan fingerprint density at radius 3 is 2.90 bits per heavy atom. The summed E-state index contributed by atoms with van der Waals surface area (Å²) in [7, 11) is 0. The Morgan fingerprint density at radius 2 is 2.30 bits per heavy atom. The van der Waals surface area contributed by atoms with Gasteiger partial charge in [0.15, 0.2) is 5.13 Å². The Bertz CT molecular complexity index is 600. The molecule has 3 N–H and O–H groups in total. The molecule has 0 radical (unpaired) electrons. The lowest BCUT2D eigenvalue weighted by molar-refractivity contribution is 0.101. The molecule has 2 aromatic heterocycles. The number of thiazole rings is 1. The first-order valence-electron chi connectivity index (χ1n) is 6.73. The van der Waals surface area contributed by atoms with Gasteiger partial charge in [-0.05, 0) is 18.4 Å². The molecule has 2 rings (SSSR count). The molecule has 2 aromatic rings. The van der Waals surface area contributed by atoms with Crippen molar-refractivity contribution in [2.75, 3.05) is 11.1 Å². The van der Waals surface area contributed by atoms with E-state index in [2.05, 4.69) is 31.1 Å². The molecule has 0 unspecified atom stereocenters. The number of carbonyl (C=O) groups excluding carboxylic acids is 1.